The summed E-state index contributed by atoms with van der Waals surface area (Å²) in [6.45, 7) is 0. The molecule has 3 N–H and O–H groups in total. The number of hydrogen-bond acceptors (Lipinski definition) is 6. The maximum atomic E-state index is 12.6. The number of aliphatic hydroxyl groups is 1. The number of benzene rings is 2. The van der Waals surface area contributed by atoms with Gasteiger partial charge in [-0.25, -0.2) is 4.79 Å². The van der Waals surface area contributed by atoms with Gasteiger partial charge in [0, 0.05) is 6.42 Å². The standard InChI is InChI=1S/C21H22N2O6S/c1-29-15-9-7-14(8-10-15)12-21(28,20(26)27)23-18(25)17(19(23)30)22-16(24)11-13-5-3-2-4-6-13/h2-10,17,19,28,30H,11-12H2,1H3,(H,22,24)(H,26,27)/t17-,19-,21+/m1/s1. The monoisotopic (exact) mass is 430 g/mol. The topological polar surface area (TPSA) is 116 Å². The van der Waals surface area contributed by atoms with Crippen LogP contribution in [0.2, 0.25) is 0 Å². The van der Waals surface area contributed by atoms with Crippen LogP contribution in [-0.2, 0) is 27.2 Å². The van der Waals surface area contributed by atoms with Gasteiger partial charge < -0.3 is 20.3 Å². The molecule has 1 saturated heterocycles. The molecule has 8 nitrogen and oxygen atoms in total. The van der Waals surface area contributed by atoms with Gasteiger partial charge in [0.05, 0.1) is 13.5 Å². The van der Waals surface area contributed by atoms with Crippen molar-refractivity contribution < 1.29 is 29.3 Å². The number of nitrogens with one attached hydrogen (secondary N) is 1. The molecule has 0 spiro atoms. The Morgan fingerprint density at radius 2 is 1.77 bits per heavy atom. The van der Waals surface area contributed by atoms with Gasteiger partial charge in [0.25, 0.3) is 5.91 Å². The molecule has 2 aromatic carbocycles. The second kappa shape index (κ2) is 8.76. The second-order valence-corrected chi connectivity index (χ2v) is 7.51. The Kier molecular flexibility index (Phi) is 6.33. The maximum absolute atomic E-state index is 12.6. The van der Waals surface area contributed by atoms with E-state index >= 15 is 0 Å². The minimum Gasteiger partial charge on any atom is -0.497 e. The van der Waals surface area contributed by atoms with E-state index in [1.165, 1.54) is 7.11 Å². The van der Waals surface area contributed by atoms with Crippen LogP contribution in [0.15, 0.2) is 54.6 Å². The highest BCUT2D eigenvalue weighted by Gasteiger charge is 2.58. The number of hydrogen-bond donors (Lipinski definition) is 4. The number of aliphatic carboxylic acids is 1. The van der Waals surface area contributed by atoms with Crippen molar-refractivity contribution >= 4 is 30.4 Å². The fourth-order valence-electron chi connectivity index (χ4n) is 3.31. The highest BCUT2D eigenvalue weighted by Crippen LogP contribution is 2.33. The molecule has 0 saturated carbocycles. The van der Waals surface area contributed by atoms with Crippen molar-refractivity contribution in [2.75, 3.05) is 7.11 Å². The van der Waals surface area contributed by atoms with Crippen LogP contribution >= 0.6 is 12.6 Å². The van der Waals surface area contributed by atoms with Crippen molar-refractivity contribution in [3.05, 3.63) is 65.7 Å². The summed E-state index contributed by atoms with van der Waals surface area (Å²) in [7, 11) is 1.50. The third kappa shape index (κ3) is 4.27. The van der Waals surface area contributed by atoms with Gasteiger partial charge in [-0.3, -0.25) is 14.5 Å². The number of amides is 2. The fraction of sp³-hybridized carbons (Fsp3) is 0.286. The van der Waals surface area contributed by atoms with E-state index in [2.05, 4.69) is 17.9 Å². The van der Waals surface area contributed by atoms with Gasteiger partial charge in [0.2, 0.25) is 11.6 Å². The molecule has 0 aromatic heterocycles. The van der Waals surface area contributed by atoms with E-state index in [0.29, 0.717) is 11.3 Å². The first kappa shape index (κ1) is 21.7. The molecule has 158 valence electrons. The Balaban J connectivity index is 1.69. The Morgan fingerprint density at radius 1 is 1.13 bits per heavy atom. The van der Waals surface area contributed by atoms with E-state index in [1.54, 1.807) is 48.5 Å². The molecule has 9 heteroatoms. The molecule has 2 aromatic rings. The van der Waals surface area contributed by atoms with Gasteiger partial charge in [0.15, 0.2) is 0 Å². The minimum absolute atomic E-state index is 0.0696. The Bertz CT molecular complexity index is 936. The molecule has 1 aliphatic rings. The number of methoxy groups -OCH3 is 1. The van der Waals surface area contributed by atoms with E-state index in [4.69, 9.17) is 4.74 Å². The minimum atomic E-state index is -2.50. The number of carboxylic acids is 1. The number of β-lactam (4-membered cyclic amide) rings is 1. The zero-order valence-electron chi connectivity index (χ0n) is 16.2. The summed E-state index contributed by atoms with van der Waals surface area (Å²) in [5, 5.41) is 22.0. The van der Waals surface area contributed by atoms with Crippen molar-refractivity contribution in [3.8, 4) is 5.75 Å². The lowest BCUT2D eigenvalue weighted by Gasteiger charge is -2.50. The van der Waals surface area contributed by atoms with Crippen LogP contribution in [0.25, 0.3) is 0 Å². The smallest absolute Gasteiger partial charge is 0.357 e. The fourth-order valence-corrected chi connectivity index (χ4v) is 3.82. The third-order valence-corrected chi connectivity index (χ3v) is 5.47. The van der Waals surface area contributed by atoms with Gasteiger partial charge >= 0.3 is 5.97 Å². The number of ether oxygens (including phenoxy) is 1. The predicted molar refractivity (Wildman–Crippen MR) is 111 cm³/mol. The summed E-state index contributed by atoms with van der Waals surface area (Å²) < 4.78 is 5.06. The van der Waals surface area contributed by atoms with Crippen molar-refractivity contribution in [3.63, 3.8) is 0 Å². The van der Waals surface area contributed by atoms with Gasteiger partial charge in [-0.1, -0.05) is 42.5 Å². The SMILES string of the molecule is COc1ccc(C[C@](O)(C(=O)O)N2C(=O)[C@@H](NC(=O)Cc3ccccc3)[C@H]2S)cc1. The maximum Gasteiger partial charge on any atom is 0.357 e. The molecular formula is C21H22N2O6S. The number of carbonyl (C=O) groups excluding carboxylic acids is 2. The predicted octanol–water partition coefficient (Wildman–Crippen LogP) is 0.837. The number of carboxylic acid groups (broad SMARTS) is 1. The zero-order chi connectivity index (χ0) is 21.9. The molecule has 0 bridgehead atoms. The van der Waals surface area contributed by atoms with Crippen molar-refractivity contribution in [2.45, 2.75) is 30.0 Å². The van der Waals surface area contributed by atoms with Crippen molar-refractivity contribution in [2.24, 2.45) is 0 Å². The van der Waals surface area contributed by atoms with Crippen LogP contribution in [0.1, 0.15) is 11.1 Å². The highest BCUT2D eigenvalue weighted by molar-refractivity contribution is 7.81. The summed E-state index contributed by atoms with van der Waals surface area (Å²) in [4.78, 5) is 37.5. The molecule has 0 unspecified atom stereocenters. The largest absolute Gasteiger partial charge is 0.497 e. The number of carbonyl (C=O) groups is 3. The van der Waals surface area contributed by atoms with E-state index in [1.807, 2.05) is 6.07 Å². The lowest BCUT2D eigenvalue weighted by atomic mass is 9.94. The average molecular weight is 430 g/mol. The summed E-state index contributed by atoms with van der Waals surface area (Å²) >= 11 is 4.27. The number of rotatable bonds is 8. The Labute approximate surface area is 178 Å². The van der Waals surface area contributed by atoms with Crippen LogP contribution in [0.3, 0.4) is 0 Å². The molecule has 0 aliphatic carbocycles. The van der Waals surface area contributed by atoms with Crippen molar-refractivity contribution in [1.82, 2.24) is 10.2 Å². The van der Waals surface area contributed by atoms with Gasteiger partial charge in [0.1, 0.15) is 17.2 Å². The van der Waals surface area contributed by atoms with Crippen LogP contribution < -0.4 is 10.1 Å². The first-order valence-electron chi connectivity index (χ1n) is 9.19. The van der Waals surface area contributed by atoms with E-state index < -0.39 is 34.9 Å². The van der Waals surface area contributed by atoms with Gasteiger partial charge in [-0.2, -0.15) is 12.6 Å². The molecule has 2 amide bonds. The van der Waals surface area contributed by atoms with Crippen LogP contribution in [0.5, 0.6) is 5.75 Å². The van der Waals surface area contributed by atoms with Crippen LogP contribution in [-0.4, -0.2) is 57.1 Å². The number of nitrogens with zero attached hydrogens (tertiary/aromatic N) is 1. The van der Waals surface area contributed by atoms with Gasteiger partial charge in [-0.05, 0) is 23.3 Å². The molecule has 1 aliphatic heterocycles. The molecule has 30 heavy (non-hydrogen) atoms. The normalized spacial score (nSPS) is 20.1. The van der Waals surface area contributed by atoms with E-state index in [9.17, 15) is 24.6 Å². The average Bonchev–Trinajstić information content (AvgIpc) is 2.73. The van der Waals surface area contributed by atoms with Crippen LogP contribution in [0.4, 0.5) is 0 Å². The number of likely N-dealkylation sites (tertiary alicyclic amines) is 1. The first-order chi connectivity index (χ1) is 14.3. The Morgan fingerprint density at radius 3 is 2.30 bits per heavy atom. The Hall–Kier alpha value is -3.04. The summed E-state index contributed by atoms with van der Waals surface area (Å²) in [6.07, 6.45) is -0.278. The quantitative estimate of drug-likeness (QED) is 0.364. The summed E-state index contributed by atoms with van der Waals surface area (Å²) in [5.74, 6) is -2.12. The lowest BCUT2D eigenvalue weighted by molar-refractivity contribution is -0.203. The second-order valence-electron chi connectivity index (χ2n) is 6.98. The lowest BCUT2D eigenvalue weighted by Crippen LogP contribution is -2.77. The van der Waals surface area contributed by atoms with Crippen molar-refractivity contribution in [1.29, 1.82) is 0 Å². The molecule has 0 radical (unpaired) electrons. The third-order valence-electron chi connectivity index (χ3n) is 4.94. The van der Waals surface area contributed by atoms with Gasteiger partial charge in [-0.15, -0.1) is 0 Å². The van der Waals surface area contributed by atoms with E-state index in [0.717, 1.165) is 10.5 Å². The molecular weight excluding hydrogens is 408 g/mol. The van der Waals surface area contributed by atoms with E-state index in [-0.39, 0.29) is 12.8 Å². The summed E-state index contributed by atoms with van der Waals surface area (Å²) in [6, 6.07) is 14.4. The molecule has 3 rings (SSSR count). The number of thiol groups is 1. The molecule has 1 fully saturated rings. The molecule has 3 atom stereocenters. The zero-order valence-corrected chi connectivity index (χ0v) is 17.1. The first-order valence-corrected chi connectivity index (χ1v) is 9.71. The summed E-state index contributed by atoms with van der Waals surface area (Å²) in [5.41, 5.74) is -1.24. The van der Waals surface area contributed by atoms with Crippen LogP contribution in [0, 0.1) is 0 Å². The highest BCUT2D eigenvalue weighted by atomic mass is 32.1. The molecule has 1 heterocycles.